The first-order chi connectivity index (χ1) is 7.51. The number of aliphatic carboxylic acids is 1. The molecule has 0 spiro atoms. The summed E-state index contributed by atoms with van der Waals surface area (Å²) in [4.78, 5) is 11.1. The van der Waals surface area contributed by atoms with Gasteiger partial charge in [0.25, 0.3) is 0 Å². The van der Waals surface area contributed by atoms with Crippen molar-refractivity contribution in [2.45, 2.75) is 19.3 Å². The molecule has 0 radical (unpaired) electrons. The van der Waals surface area contributed by atoms with Crippen molar-refractivity contribution in [3.63, 3.8) is 0 Å². The van der Waals surface area contributed by atoms with E-state index in [1.54, 1.807) is 26.2 Å². The molecule has 0 aliphatic heterocycles. The van der Waals surface area contributed by atoms with Gasteiger partial charge in [-0.25, -0.2) is 0 Å². The highest BCUT2D eigenvalue weighted by atomic mass is 16.4. The topological polar surface area (TPSA) is 63.1 Å². The van der Waals surface area contributed by atoms with Crippen molar-refractivity contribution in [2.24, 2.45) is 0 Å². The summed E-state index contributed by atoms with van der Waals surface area (Å²) in [5.74, 6) is -0.839. The molecule has 0 aliphatic carbocycles. The van der Waals surface area contributed by atoms with Crippen molar-refractivity contribution in [2.75, 3.05) is 0 Å². The lowest BCUT2D eigenvalue weighted by atomic mass is 9.84. The fourth-order valence-electron chi connectivity index (χ4n) is 1.51. The van der Waals surface area contributed by atoms with E-state index in [1.165, 1.54) is 0 Å². The van der Waals surface area contributed by atoms with Crippen molar-refractivity contribution in [3.05, 3.63) is 36.2 Å². The minimum absolute atomic E-state index is 0.764. The van der Waals surface area contributed by atoms with Crippen LogP contribution in [0.2, 0.25) is 0 Å². The molecule has 2 aromatic rings. The minimum atomic E-state index is -0.891. The van der Waals surface area contributed by atoms with Gasteiger partial charge in [0.1, 0.15) is 0 Å². The molecule has 0 saturated heterocycles. The summed E-state index contributed by atoms with van der Waals surface area (Å²) in [6.07, 6.45) is 3.30. The zero-order chi connectivity index (χ0) is 11.8. The number of carboxylic acids is 1. The predicted molar refractivity (Wildman–Crippen MR) is 60.2 cm³/mol. The van der Waals surface area contributed by atoms with E-state index in [-0.39, 0.29) is 0 Å². The molecule has 4 heteroatoms. The molecule has 1 aromatic carbocycles. The van der Waals surface area contributed by atoms with Crippen molar-refractivity contribution in [1.29, 1.82) is 0 Å². The highest BCUT2D eigenvalue weighted by molar-refractivity contribution is 5.85. The third-order valence-electron chi connectivity index (χ3n) is 2.80. The van der Waals surface area contributed by atoms with Gasteiger partial charge in [-0.1, -0.05) is 12.1 Å². The molecule has 0 fully saturated rings. The molecule has 2 rings (SSSR count). The number of fused-ring (bicyclic) bond motifs is 1. The molecule has 82 valence electrons. The van der Waals surface area contributed by atoms with E-state index in [0.29, 0.717) is 0 Å². The van der Waals surface area contributed by atoms with Gasteiger partial charge in [0.05, 0.1) is 17.8 Å². The Morgan fingerprint density at radius 3 is 2.44 bits per heavy atom. The molecule has 0 bridgehead atoms. The molecule has 16 heavy (non-hydrogen) atoms. The number of hydrogen-bond donors (Lipinski definition) is 1. The summed E-state index contributed by atoms with van der Waals surface area (Å²) in [6, 6.07) is 5.53. The molecule has 0 amide bonds. The van der Waals surface area contributed by atoms with E-state index >= 15 is 0 Å². The minimum Gasteiger partial charge on any atom is -0.481 e. The van der Waals surface area contributed by atoms with Crippen molar-refractivity contribution >= 4 is 16.7 Å². The fraction of sp³-hybridized carbons (Fsp3) is 0.250. The lowest BCUT2D eigenvalue weighted by Crippen LogP contribution is -2.28. The van der Waals surface area contributed by atoms with Crippen LogP contribution >= 0.6 is 0 Å². The van der Waals surface area contributed by atoms with Crippen molar-refractivity contribution in [1.82, 2.24) is 10.2 Å². The largest absolute Gasteiger partial charge is 0.481 e. The van der Waals surface area contributed by atoms with Gasteiger partial charge in [-0.2, -0.15) is 10.2 Å². The van der Waals surface area contributed by atoms with Gasteiger partial charge in [0, 0.05) is 10.8 Å². The number of carboxylic acid groups (broad SMARTS) is 1. The summed E-state index contributed by atoms with van der Waals surface area (Å²) in [6.45, 7) is 3.37. The molecular weight excluding hydrogens is 204 g/mol. The van der Waals surface area contributed by atoms with Gasteiger partial charge in [0.2, 0.25) is 0 Å². The zero-order valence-corrected chi connectivity index (χ0v) is 9.14. The fourth-order valence-corrected chi connectivity index (χ4v) is 1.51. The van der Waals surface area contributed by atoms with Crippen LogP contribution in [-0.4, -0.2) is 21.3 Å². The number of hydrogen-bond acceptors (Lipinski definition) is 3. The monoisotopic (exact) mass is 216 g/mol. The van der Waals surface area contributed by atoms with Crippen LogP contribution in [0.1, 0.15) is 19.4 Å². The molecule has 0 aliphatic rings. The number of rotatable bonds is 2. The van der Waals surface area contributed by atoms with Gasteiger partial charge >= 0.3 is 5.97 Å². The Morgan fingerprint density at radius 2 is 1.81 bits per heavy atom. The Bertz CT molecular complexity index is 549. The van der Waals surface area contributed by atoms with Gasteiger partial charge in [0.15, 0.2) is 0 Å². The first kappa shape index (κ1) is 10.5. The second-order valence-corrected chi connectivity index (χ2v) is 4.26. The van der Waals surface area contributed by atoms with Crippen molar-refractivity contribution < 1.29 is 9.90 Å². The van der Waals surface area contributed by atoms with Crippen LogP contribution in [0, 0.1) is 0 Å². The molecule has 1 N–H and O–H groups in total. The Balaban J connectivity index is 2.59. The predicted octanol–water partition coefficient (Wildman–Crippen LogP) is 1.99. The Labute approximate surface area is 92.9 Å². The van der Waals surface area contributed by atoms with Crippen LogP contribution in [0.5, 0.6) is 0 Å². The van der Waals surface area contributed by atoms with E-state index in [0.717, 1.165) is 16.3 Å². The number of benzene rings is 1. The normalized spacial score (nSPS) is 11.6. The molecule has 4 nitrogen and oxygen atoms in total. The second kappa shape index (κ2) is 3.56. The van der Waals surface area contributed by atoms with Crippen LogP contribution in [0.3, 0.4) is 0 Å². The van der Waals surface area contributed by atoms with Crippen LogP contribution < -0.4 is 0 Å². The maximum absolute atomic E-state index is 11.1. The highest BCUT2D eigenvalue weighted by Gasteiger charge is 2.29. The number of nitrogens with zero attached hydrogens (tertiary/aromatic N) is 2. The van der Waals surface area contributed by atoms with Crippen molar-refractivity contribution in [3.8, 4) is 0 Å². The molecular formula is C12H12N2O2. The Morgan fingerprint density at radius 1 is 1.19 bits per heavy atom. The summed E-state index contributed by atoms with van der Waals surface area (Å²) in [5, 5.41) is 18.6. The van der Waals surface area contributed by atoms with Crippen LogP contribution in [-0.2, 0) is 10.2 Å². The third-order valence-corrected chi connectivity index (χ3v) is 2.80. The van der Waals surface area contributed by atoms with Crippen LogP contribution in [0.15, 0.2) is 30.6 Å². The molecule has 0 atom stereocenters. The van der Waals surface area contributed by atoms with Crippen LogP contribution in [0.4, 0.5) is 0 Å². The number of carbonyl (C=O) groups is 1. The van der Waals surface area contributed by atoms with E-state index in [4.69, 9.17) is 5.11 Å². The average molecular weight is 216 g/mol. The summed E-state index contributed by atoms with van der Waals surface area (Å²) in [7, 11) is 0. The summed E-state index contributed by atoms with van der Waals surface area (Å²) < 4.78 is 0. The van der Waals surface area contributed by atoms with Gasteiger partial charge in [-0.3, -0.25) is 4.79 Å². The quantitative estimate of drug-likeness (QED) is 0.833. The molecule has 1 heterocycles. The summed E-state index contributed by atoms with van der Waals surface area (Å²) in [5.41, 5.74) is -0.127. The van der Waals surface area contributed by atoms with Crippen LogP contribution in [0.25, 0.3) is 10.8 Å². The zero-order valence-electron chi connectivity index (χ0n) is 9.14. The molecule has 0 unspecified atom stereocenters. The lowest BCUT2D eigenvalue weighted by molar-refractivity contribution is -0.142. The molecule has 1 aromatic heterocycles. The SMILES string of the molecule is CC(C)(C(=O)O)c1ccc2cnncc2c1. The smallest absolute Gasteiger partial charge is 0.313 e. The van der Waals surface area contributed by atoms with E-state index in [2.05, 4.69) is 10.2 Å². The van der Waals surface area contributed by atoms with Gasteiger partial charge in [-0.15, -0.1) is 0 Å². The molecule has 0 saturated carbocycles. The standard InChI is InChI=1S/C12H12N2O2/c1-12(2,11(15)16)10-4-3-8-6-13-14-7-9(8)5-10/h3-7H,1-2H3,(H,15,16). The van der Waals surface area contributed by atoms with E-state index < -0.39 is 11.4 Å². The maximum atomic E-state index is 11.1. The summed E-state index contributed by atoms with van der Waals surface area (Å²) >= 11 is 0. The van der Waals surface area contributed by atoms with Gasteiger partial charge < -0.3 is 5.11 Å². The van der Waals surface area contributed by atoms with E-state index in [9.17, 15) is 4.79 Å². The third kappa shape index (κ3) is 1.62. The second-order valence-electron chi connectivity index (χ2n) is 4.26. The number of aromatic nitrogens is 2. The Hall–Kier alpha value is -1.97. The average Bonchev–Trinajstić information content (AvgIpc) is 2.28. The highest BCUT2D eigenvalue weighted by Crippen LogP contribution is 2.26. The van der Waals surface area contributed by atoms with Gasteiger partial charge in [-0.05, 0) is 25.5 Å². The van der Waals surface area contributed by atoms with E-state index in [1.807, 2.05) is 18.2 Å². The Kier molecular flexibility index (Phi) is 2.34. The first-order valence-corrected chi connectivity index (χ1v) is 4.96. The lowest BCUT2D eigenvalue weighted by Gasteiger charge is -2.19. The maximum Gasteiger partial charge on any atom is 0.313 e. The first-order valence-electron chi connectivity index (χ1n) is 4.96.